The van der Waals surface area contributed by atoms with E-state index in [0.29, 0.717) is 11.1 Å². The van der Waals surface area contributed by atoms with Crippen molar-refractivity contribution in [1.82, 2.24) is 5.32 Å². The molecule has 29 heavy (non-hydrogen) atoms. The zero-order valence-electron chi connectivity index (χ0n) is 15.6. The lowest BCUT2D eigenvalue weighted by Gasteiger charge is -2.18. The van der Waals surface area contributed by atoms with E-state index in [0.717, 1.165) is 21.9 Å². The van der Waals surface area contributed by atoms with E-state index in [1.807, 2.05) is 54.6 Å². The third kappa shape index (κ3) is 4.23. The number of amides is 1. The van der Waals surface area contributed by atoms with Crippen LogP contribution in [0.15, 0.2) is 77.2 Å². The number of carbonyl (C=O) groups excluding carboxylic acids is 1. The van der Waals surface area contributed by atoms with Gasteiger partial charge in [-0.25, -0.2) is 4.79 Å². The van der Waals surface area contributed by atoms with E-state index in [1.54, 1.807) is 18.2 Å². The summed E-state index contributed by atoms with van der Waals surface area (Å²) in [6.45, 7) is -0.00544. The topological polar surface area (TPSA) is 91.9 Å². The minimum Gasteiger partial charge on any atom is -0.456 e. The summed E-state index contributed by atoms with van der Waals surface area (Å²) in [4.78, 5) is 11.8. The van der Waals surface area contributed by atoms with Crippen molar-refractivity contribution in [2.24, 2.45) is 0 Å². The Labute approximate surface area is 167 Å². The van der Waals surface area contributed by atoms with E-state index in [9.17, 15) is 15.0 Å². The molecule has 0 spiro atoms. The smallest absolute Gasteiger partial charge is 0.407 e. The largest absolute Gasteiger partial charge is 0.456 e. The number of nitrogens with one attached hydrogen (secondary N) is 1. The van der Waals surface area contributed by atoms with Crippen LogP contribution in [0, 0.1) is 0 Å². The van der Waals surface area contributed by atoms with Crippen LogP contribution in [-0.2, 0) is 11.3 Å². The molecule has 1 amide bonds. The number of hydrogen-bond donors (Lipinski definition) is 3. The van der Waals surface area contributed by atoms with Gasteiger partial charge in [-0.1, -0.05) is 54.6 Å². The Morgan fingerprint density at radius 3 is 2.48 bits per heavy atom. The summed E-state index contributed by atoms with van der Waals surface area (Å²) < 4.78 is 10.9. The van der Waals surface area contributed by atoms with Gasteiger partial charge in [0.25, 0.3) is 0 Å². The number of furan rings is 1. The summed E-state index contributed by atoms with van der Waals surface area (Å²) in [5.41, 5.74) is 2.87. The van der Waals surface area contributed by atoms with Crippen LogP contribution in [0.5, 0.6) is 0 Å². The predicted octanol–water partition coefficient (Wildman–Crippen LogP) is 3.91. The highest BCUT2D eigenvalue weighted by Crippen LogP contribution is 2.31. The molecule has 4 rings (SSSR count). The zero-order chi connectivity index (χ0) is 20.2. The third-order valence-corrected chi connectivity index (χ3v) is 4.78. The normalized spacial score (nSPS) is 13.3. The molecule has 0 radical (unpaired) electrons. The molecule has 0 saturated carbocycles. The van der Waals surface area contributed by atoms with E-state index in [-0.39, 0.29) is 13.2 Å². The second kappa shape index (κ2) is 8.34. The van der Waals surface area contributed by atoms with Gasteiger partial charge in [-0.05, 0) is 29.3 Å². The highest BCUT2D eigenvalue weighted by Gasteiger charge is 2.20. The molecule has 6 heteroatoms. The monoisotopic (exact) mass is 391 g/mol. The van der Waals surface area contributed by atoms with Crippen molar-refractivity contribution in [2.45, 2.75) is 18.8 Å². The number of alkyl carbamates (subject to hydrolysis) is 1. The fourth-order valence-electron chi connectivity index (χ4n) is 3.22. The van der Waals surface area contributed by atoms with Gasteiger partial charge in [-0.2, -0.15) is 0 Å². The lowest BCUT2D eigenvalue weighted by Crippen LogP contribution is -2.35. The quantitative estimate of drug-likeness (QED) is 0.464. The van der Waals surface area contributed by atoms with Crippen molar-refractivity contribution < 1.29 is 24.2 Å². The summed E-state index contributed by atoms with van der Waals surface area (Å²) in [5, 5.41) is 25.1. The molecular weight excluding hydrogens is 370 g/mol. The number of benzene rings is 3. The number of aliphatic hydroxyl groups is 2. The maximum atomic E-state index is 11.8. The summed E-state index contributed by atoms with van der Waals surface area (Å²) in [6.07, 6.45) is -3.01. The van der Waals surface area contributed by atoms with Gasteiger partial charge in [0, 0.05) is 17.3 Å². The van der Waals surface area contributed by atoms with E-state index in [1.165, 1.54) is 0 Å². The van der Waals surface area contributed by atoms with Crippen LogP contribution in [0.3, 0.4) is 0 Å². The standard InChI is InChI=1S/C23H21NO5/c25-19(13-24-23(27)28-14-15-6-2-1-3-7-15)22(26)16-10-11-21-18(12-16)17-8-4-5-9-20(17)29-21/h1-12,19,22,25-26H,13-14H2,(H,24,27). The van der Waals surface area contributed by atoms with Crippen molar-refractivity contribution >= 4 is 28.0 Å². The number of para-hydroxylation sites is 1. The van der Waals surface area contributed by atoms with Gasteiger partial charge in [-0.3, -0.25) is 0 Å². The molecule has 148 valence electrons. The number of aliphatic hydroxyl groups excluding tert-OH is 2. The van der Waals surface area contributed by atoms with Crippen LogP contribution in [0.1, 0.15) is 17.2 Å². The second-order valence-corrected chi connectivity index (χ2v) is 6.81. The van der Waals surface area contributed by atoms with E-state index >= 15 is 0 Å². The Morgan fingerprint density at radius 2 is 1.66 bits per heavy atom. The lowest BCUT2D eigenvalue weighted by atomic mass is 10.0. The molecule has 2 unspecified atom stereocenters. The van der Waals surface area contributed by atoms with Crippen molar-refractivity contribution in [3.05, 3.63) is 83.9 Å². The minimum absolute atomic E-state index is 0.134. The molecule has 4 aromatic rings. The molecule has 1 aromatic heterocycles. The number of hydrogen-bond acceptors (Lipinski definition) is 5. The maximum Gasteiger partial charge on any atom is 0.407 e. The zero-order valence-corrected chi connectivity index (χ0v) is 15.6. The SMILES string of the molecule is O=C(NCC(O)C(O)c1ccc2oc3ccccc3c2c1)OCc1ccccc1. The first-order valence-electron chi connectivity index (χ1n) is 9.34. The summed E-state index contributed by atoms with van der Waals surface area (Å²) >= 11 is 0. The Bertz CT molecular complexity index is 1120. The number of carbonyl (C=O) groups is 1. The molecule has 0 aliphatic rings. The highest BCUT2D eigenvalue weighted by molar-refractivity contribution is 6.05. The molecule has 0 aliphatic carbocycles. The van der Waals surface area contributed by atoms with Crippen LogP contribution >= 0.6 is 0 Å². The van der Waals surface area contributed by atoms with Crippen molar-refractivity contribution in [1.29, 1.82) is 0 Å². The summed E-state index contributed by atoms with van der Waals surface area (Å²) in [5.74, 6) is 0. The molecule has 0 aliphatic heterocycles. The molecule has 6 nitrogen and oxygen atoms in total. The maximum absolute atomic E-state index is 11.8. The molecule has 0 bridgehead atoms. The van der Waals surface area contributed by atoms with Crippen molar-refractivity contribution in [2.75, 3.05) is 6.54 Å². The van der Waals surface area contributed by atoms with Crippen LogP contribution in [0.4, 0.5) is 4.79 Å². The van der Waals surface area contributed by atoms with Gasteiger partial charge in [-0.15, -0.1) is 0 Å². The van der Waals surface area contributed by atoms with Gasteiger partial charge in [0.2, 0.25) is 0 Å². The van der Waals surface area contributed by atoms with Crippen LogP contribution < -0.4 is 5.32 Å². The first-order chi connectivity index (χ1) is 14.1. The second-order valence-electron chi connectivity index (χ2n) is 6.81. The number of fused-ring (bicyclic) bond motifs is 3. The molecule has 1 heterocycles. The number of rotatable bonds is 6. The molecule has 3 N–H and O–H groups in total. The molecule has 0 fully saturated rings. The molecule has 0 saturated heterocycles. The summed E-state index contributed by atoms with van der Waals surface area (Å²) in [7, 11) is 0. The Balaban J connectivity index is 1.37. The predicted molar refractivity (Wildman–Crippen MR) is 109 cm³/mol. The molecule has 2 atom stereocenters. The molecular formula is C23H21NO5. The van der Waals surface area contributed by atoms with Crippen molar-refractivity contribution in [3.63, 3.8) is 0 Å². The lowest BCUT2D eigenvalue weighted by molar-refractivity contribution is 0.0185. The first-order valence-corrected chi connectivity index (χ1v) is 9.34. The fourth-order valence-corrected chi connectivity index (χ4v) is 3.22. The van der Waals surface area contributed by atoms with E-state index in [2.05, 4.69) is 5.32 Å². The van der Waals surface area contributed by atoms with Crippen LogP contribution in [-0.4, -0.2) is 29.0 Å². The number of ether oxygens (including phenoxy) is 1. The fraction of sp³-hybridized carbons (Fsp3) is 0.174. The Kier molecular flexibility index (Phi) is 5.46. The third-order valence-electron chi connectivity index (χ3n) is 4.78. The average Bonchev–Trinajstić information content (AvgIpc) is 3.14. The first kappa shape index (κ1) is 19.0. The van der Waals surface area contributed by atoms with Gasteiger partial charge < -0.3 is 24.7 Å². The Hall–Kier alpha value is -3.35. The minimum atomic E-state index is -1.19. The summed E-state index contributed by atoms with van der Waals surface area (Å²) in [6, 6.07) is 22.2. The van der Waals surface area contributed by atoms with Crippen LogP contribution in [0.25, 0.3) is 21.9 Å². The van der Waals surface area contributed by atoms with Gasteiger partial charge in [0.1, 0.15) is 30.0 Å². The molecule has 3 aromatic carbocycles. The van der Waals surface area contributed by atoms with Gasteiger partial charge in [0.05, 0.1) is 0 Å². The van der Waals surface area contributed by atoms with Gasteiger partial charge in [0.15, 0.2) is 0 Å². The highest BCUT2D eigenvalue weighted by atomic mass is 16.5. The van der Waals surface area contributed by atoms with Crippen LogP contribution in [0.2, 0.25) is 0 Å². The van der Waals surface area contributed by atoms with E-state index < -0.39 is 18.3 Å². The van der Waals surface area contributed by atoms with E-state index in [4.69, 9.17) is 9.15 Å². The van der Waals surface area contributed by atoms with Gasteiger partial charge >= 0.3 is 6.09 Å². The Morgan fingerprint density at radius 1 is 0.931 bits per heavy atom. The van der Waals surface area contributed by atoms with Crippen molar-refractivity contribution in [3.8, 4) is 0 Å². The average molecular weight is 391 g/mol.